The molecule has 0 spiro atoms. The van der Waals surface area contributed by atoms with Crippen molar-refractivity contribution in [2.24, 2.45) is 7.05 Å². The Hall–Kier alpha value is -4.25. The minimum Gasteiger partial charge on any atom is -0.334 e. The van der Waals surface area contributed by atoms with Gasteiger partial charge in [0.2, 0.25) is 0 Å². The minimum absolute atomic E-state index is 0.0162. The predicted molar refractivity (Wildman–Crippen MR) is 129 cm³/mol. The molecule has 0 aliphatic heterocycles. The summed E-state index contributed by atoms with van der Waals surface area (Å²) < 4.78 is 70.4. The lowest BCUT2D eigenvalue weighted by molar-refractivity contribution is -0.137. The van der Waals surface area contributed by atoms with Gasteiger partial charge in [-0.1, -0.05) is 30.3 Å². The number of sulfonamides is 1. The van der Waals surface area contributed by atoms with Crippen molar-refractivity contribution >= 4 is 26.6 Å². The average Bonchev–Trinajstić information content (AvgIpc) is 3.28. The first-order valence-corrected chi connectivity index (χ1v) is 12.1. The molecule has 0 aliphatic rings. The molecule has 0 fully saturated rings. The molecule has 11 heteroatoms. The summed E-state index contributed by atoms with van der Waals surface area (Å²) in [5, 5.41) is 1.28. The number of hydrogen-bond donors (Lipinski definition) is 1. The summed E-state index contributed by atoms with van der Waals surface area (Å²) in [5.74, 6) is 0.504. The number of aromatic nitrogens is 4. The number of imidazole rings is 1. The molecule has 3 aromatic carbocycles. The Morgan fingerprint density at radius 3 is 2.42 bits per heavy atom. The van der Waals surface area contributed by atoms with Gasteiger partial charge >= 0.3 is 6.18 Å². The molecule has 182 valence electrons. The molecule has 2 heterocycles. The number of aryl methyl sites for hydroxylation is 1. The molecule has 0 unspecified atom stereocenters. The Bertz CT molecular complexity index is 1680. The number of nitrogens with one attached hydrogen (secondary N) is 1. The van der Waals surface area contributed by atoms with Crippen molar-refractivity contribution in [1.82, 2.24) is 19.5 Å². The lowest BCUT2D eigenvalue weighted by Crippen LogP contribution is -2.13. The summed E-state index contributed by atoms with van der Waals surface area (Å²) >= 11 is 0. The molecule has 5 aromatic rings. The summed E-state index contributed by atoms with van der Waals surface area (Å²) in [6, 6.07) is 14.8. The first-order chi connectivity index (χ1) is 17.1. The zero-order valence-corrected chi connectivity index (χ0v) is 19.5. The molecule has 0 saturated carbocycles. The lowest BCUT2D eigenvalue weighted by Gasteiger charge is -2.16. The number of rotatable bonds is 5. The van der Waals surface area contributed by atoms with E-state index in [0.717, 1.165) is 12.1 Å². The Labute approximate surface area is 204 Å². The predicted octanol–water partition coefficient (Wildman–Crippen LogP) is 5.52. The van der Waals surface area contributed by atoms with E-state index in [0.29, 0.717) is 33.3 Å². The van der Waals surface area contributed by atoms with Crippen LogP contribution in [0, 0.1) is 0 Å². The molecule has 2 aromatic heterocycles. The summed E-state index contributed by atoms with van der Waals surface area (Å²) in [6.45, 7) is 0. The van der Waals surface area contributed by atoms with Crippen molar-refractivity contribution in [2.45, 2.75) is 11.1 Å². The molecule has 36 heavy (non-hydrogen) atoms. The highest BCUT2D eigenvalue weighted by Crippen LogP contribution is 2.40. The van der Waals surface area contributed by atoms with Crippen molar-refractivity contribution in [1.29, 1.82) is 0 Å². The summed E-state index contributed by atoms with van der Waals surface area (Å²) in [4.78, 5) is 11.9. The highest BCUT2D eigenvalue weighted by molar-refractivity contribution is 7.92. The standard InChI is InChI=1S/C25H18F3N5O2S/c1-33-12-11-30-24(33)22-14-17(25(26,27)28)5-7-21(22)20-4-2-3-16-13-18(6-8-19(16)20)36(34,35)32-23-9-10-29-15-31-23/h2-15H,1H3,(H,29,31,32). The third-order valence-electron chi connectivity index (χ3n) is 5.68. The van der Waals surface area contributed by atoms with E-state index < -0.39 is 21.8 Å². The van der Waals surface area contributed by atoms with Gasteiger partial charge in [0.25, 0.3) is 10.0 Å². The van der Waals surface area contributed by atoms with Crippen LogP contribution in [0.5, 0.6) is 0 Å². The van der Waals surface area contributed by atoms with Gasteiger partial charge in [-0.05, 0) is 52.2 Å². The van der Waals surface area contributed by atoms with Crippen LogP contribution in [0.1, 0.15) is 5.56 Å². The quantitative estimate of drug-likeness (QED) is 0.337. The third kappa shape index (κ3) is 4.40. The molecule has 5 rings (SSSR count). The van der Waals surface area contributed by atoms with Gasteiger partial charge in [0.1, 0.15) is 18.0 Å². The topological polar surface area (TPSA) is 89.8 Å². The van der Waals surface area contributed by atoms with Crippen molar-refractivity contribution < 1.29 is 21.6 Å². The van der Waals surface area contributed by atoms with Crippen LogP contribution in [0.15, 0.2) is 90.5 Å². The number of hydrogen-bond acceptors (Lipinski definition) is 5. The maximum atomic E-state index is 13.5. The Kier molecular flexibility index (Phi) is 5.71. The average molecular weight is 510 g/mol. The van der Waals surface area contributed by atoms with Gasteiger partial charge in [-0.2, -0.15) is 13.2 Å². The Morgan fingerprint density at radius 2 is 1.72 bits per heavy atom. The second-order valence-corrected chi connectivity index (χ2v) is 9.69. The van der Waals surface area contributed by atoms with Crippen molar-refractivity contribution in [3.63, 3.8) is 0 Å². The van der Waals surface area contributed by atoms with Crippen LogP contribution in [-0.2, 0) is 23.2 Å². The van der Waals surface area contributed by atoms with Gasteiger partial charge in [-0.15, -0.1) is 0 Å². The van der Waals surface area contributed by atoms with E-state index in [1.807, 2.05) is 0 Å². The molecule has 0 atom stereocenters. The number of nitrogens with zero attached hydrogens (tertiary/aromatic N) is 4. The molecule has 0 amide bonds. The Balaban J connectivity index is 1.64. The minimum atomic E-state index is -4.52. The molecule has 1 N–H and O–H groups in total. The van der Waals surface area contributed by atoms with E-state index in [9.17, 15) is 21.6 Å². The molecular formula is C25H18F3N5O2S. The maximum Gasteiger partial charge on any atom is 0.416 e. The number of halogens is 3. The fourth-order valence-electron chi connectivity index (χ4n) is 3.98. The zero-order chi connectivity index (χ0) is 25.5. The van der Waals surface area contributed by atoms with Gasteiger partial charge in [0, 0.05) is 31.2 Å². The van der Waals surface area contributed by atoms with E-state index in [4.69, 9.17) is 0 Å². The molecular weight excluding hydrogens is 491 g/mol. The Morgan fingerprint density at radius 1 is 0.889 bits per heavy atom. The fourth-order valence-corrected chi connectivity index (χ4v) is 5.02. The fraction of sp³-hybridized carbons (Fsp3) is 0.0800. The van der Waals surface area contributed by atoms with Crippen molar-refractivity contribution in [3.8, 4) is 22.5 Å². The van der Waals surface area contributed by atoms with E-state index in [1.54, 1.807) is 42.1 Å². The SMILES string of the molecule is Cn1ccnc1-c1cc(C(F)(F)F)ccc1-c1cccc2cc(S(=O)(=O)Nc3ccncn3)ccc12. The largest absolute Gasteiger partial charge is 0.416 e. The number of anilines is 1. The van der Waals surface area contributed by atoms with Crippen LogP contribution < -0.4 is 4.72 Å². The summed E-state index contributed by atoms with van der Waals surface area (Å²) in [6.07, 6.45) is 1.31. The molecule has 0 radical (unpaired) electrons. The first-order valence-electron chi connectivity index (χ1n) is 10.6. The van der Waals surface area contributed by atoms with E-state index >= 15 is 0 Å². The van der Waals surface area contributed by atoms with Gasteiger partial charge in [-0.3, -0.25) is 4.72 Å². The van der Waals surface area contributed by atoms with Gasteiger partial charge in [-0.25, -0.2) is 23.4 Å². The van der Waals surface area contributed by atoms with Crippen molar-refractivity contribution in [3.05, 3.63) is 91.1 Å². The van der Waals surface area contributed by atoms with Crippen LogP contribution in [0.2, 0.25) is 0 Å². The van der Waals surface area contributed by atoms with Gasteiger partial charge in [0.05, 0.1) is 10.5 Å². The monoisotopic (exact) mass is 509 g/mol. The number of alkyl halides is 3. The van der Waals surface area contributed by atoms with Crippen LogP contribution in [0.3, 0.4) is 0 Å². The second-order valence-electron chi connectivity index (χ2n) is 8.01. The van der Waals surface area contributed by atoms with E-state index in [1.165, 1.54) is 43.0 Å². The summed E-state index contributed by atoms with van der Waals surface area (Å²) in [5.41, 5.74) is 0.713. The lowest BCUT2D eigenvalue weighted by atomic mass is 9.93. The molecule has 0 aliphatic carbocycles. The van der Waals surface area contributed by atoms with Gasteiger partial charge < -0.3 is 4.57 Å². The van der Waals surface area contributed by atoms with Crippen LogP contribution >= 0.6 is 0 Å². The first kappa shape index (κ1) is 23.5. The van der Waals surface area contributed by atoms with Crippen LogP contribution in [0.25, 0.3) is 33.3 Å². The number of fused-ring (bicyclic) bond motifs is 1. The smallest absolute Gasteiger partial charge is 0.334 e. The van der Waals surface area contributed by atoms with Gasteiger partial charge in [0.15, 0.2) is 0 Å². The third-order valence-corrected chi connectivity index (χ3v) is 7.03. The highest BCUT2D eigenvalue weighted by atomic mass is 32.2. The molecule has 0 saturated heterocycles. The highest BCUT2D eigenvalue weighted by Gasteiger charge is 2.32. The molecule has 0 bridgehead atoms. The number of benzene rings is 3. The zero-order valence-electron chi connectivity index (χ0n) is 18.7. The maximum absolute atomic E-state index is 13.5. The van der Waals surface area contributed by atoms with Crippen molar-refractivity contribution in [2.75, 3.05) is 4.72 Å². The second kappa shape index (κ2) is 8.76. The van der Waals surface area contributed by atoms with E-state index in [2.05, 4.69) is 19.7 Å². The summed E-state index contributed by atoms with van der Waals surface area (Å²) in [7, 11) is -2.23. The normalized spacial score (nSPS) is 12.1. The molecule has 7 nitrogen and oxygen atoms in total. The van der Waals surface area contributed by atoms with Crippen LogP contribution in [-0.4, -0.2) is 27.9 Å². The van der Waals surface area contributed by atoms with Crippen LogP contribution in [0.4, 0.5) is 19.0 Å². The van der Waals surface area contributed by atoms with E-state index in [-0.39, 0.29) is 10.7 Å².